The monoisotopic (exact) mass is 361 g/mol. The van der Waals surface area contributed by atoms with Crippen molar-refractivity contribution in [1.82, 2.24) is 5.32 Å². The van der Waals surface area contributed by atoms with E-state index >= 15 is 0 Å². The van der Waals surface area contributed by atoms with Crippen LogP contribution in [0.4, 0.5) is 0 Å². The molecule has 1 aliphatic carbocycles. The molecular weight excluding hydrogens is 326 g/mol. The highest BCUT2D eigenvalue weighted by Crippen LogP contribution is 2.32. The van der Waals surface area contributed by atoms with Gasteiger partial charge >= 0.3 is 0 Å². The van der Waals surface area contributed by atoms with Crippen molar-refractivity contribution < 1.29 is 14.6 Å². The molecule has 4 nitrogen and oxygen atoms in total. The van der Waals surface area contributed by atoms with E-state index < -0.39 is 0 Å². The lowest BCUT2D eigenvalue weighted by atomic mass is 9.79. The SMILES string of the molecule is CCCCC1CCC(C(=O)NCC(OCCO)c2ccc(C)cc2)CC1. The molecule has 0 aromatic heterocycles. The number of benzene rings is 1. The summed E-state index contributed by atoms with van der Waals surface area (Å²) in [6.07, 6.45) is 8.04. The Morgan fingerprint density at radius 1 is 1.23 bits per heavy atom. The van der Waals surface area contributed by atoms with E-state index in [2.05, 4.69) is 12.2 Å². The molecule has 0 radical (unpaired) electrons. The predicted molar refractivity (Wildman–Crippen MR) is 105 cm³/mol. The molecule has 0 aliphatic heterocycles. The number of carbonyl (C=O) groups is 1. The van der Waals surface area contributed by atoms with Gasteiger partial charge in [-0.25, -0.2) is 0 Å². The lowest BCUT2D eigenvalue weighted by Gasteiger charge is -2.28. The van der Waals surface area contributed by atoms with Gasteiger partial charge in [0.05, 0.1) is 19.3 Å². The molecule has 0 heterocycles. The zero-order chi connectivity index (χ0) is 18.8. The van der Waals surface area contributed by atoms with Gasteiger partial charge in [-0.1, -0.05) is 56.0 Å². The maximum Gasteiger partial charge on any atom is 0.223 e. The largest absolute Gasteiger partial charge is 0.394 e. The van der Waals surface area contributed by atoms with E-state index in [0.717, 1.165) is 24.3 Å². The number of hydrogen-bond acceptors (Lipinski definition) is 3. The number of nitrogens with one attached hydrogen (secondary N) is 1. The standard InChI is InChI=1S/C22H35NO3/c1-3-4-5-18-8-12-20(13-9-18)22(25)23-16-21(26-15-14-24)19-10-6-17(2)7-11-19/h6-7,10-11,18,20-21,24H,3-5,8-9,12-16H2,1-2H3,(H,23,25). The van der Waals surface area contributed by atoms with Crippen LogP contribution < -0.4 is 5.32 Å². The number of aryl methyl sites for hydroxylation is 1. The van der Waals surface area contributed by atoms with Crippen molar-refractivity contribution in [1.29, 1.82) is 0 Å². The van der Waals surface area contributed by atoms with Gasteiger partial charge in [0.2, 0.25) is 5.91 Å². The maximum absolute atomic E-state index is 12.6. The molecule has 1 fully saturated rings. The third-order valence-electron chi connectivity index (χ3n) is 5.50. The summed E-state index contributed by atoms with van der Waals surface area (Å²) in [7, 11) is 0. The van der Waals surface area contributed by atoms with E-state index in [4.69, 9.17) is 9.84 Å². The van der Waals surface area contributed by atoms with Crippen LogP contribution in [0.25, 0.3) is 0 Å². The Kier molecular flexibility index (Phi) is 9.13. The summed E-state index contributed by atoms with van der Waals surface area (Å²) in [6, 6.07) is 8.15. The summed E-state index contributed by atoms with van der Waals surface area (Å²) in [6.45, 7) is 5.00. The summed E-state index contributed by atoms with van der Waals surface area (Å²) < 4.78 is 5.75. The quantitative estimate of drug-likeness (QED) is 0.658. The molecule has 0 spiro atoms. The van der Waals surface area contributed by atoms with Crippen molar-refractivity contribution in [3.8, 4) is 0 Å². The Morgan fingerprint density at radius 3 is 2.54 bits per heavy atom. The van der Waals surface area contributed by atoms with Crippen LogP contribution in [0.1, 0.15) is 69.1 Å². The smallest absolute Gasteiger partial charge is 0.223 e. The molecular formula is C22H35NO3. The zero-order valence-corrected chi connectivity index (χ0v) is 16.4. The van der Waals surface area contributed by atoms with E-state index in [-0.39, 0.29) is 31.1 Å². The average molecular weight is 362 g/mol. The number of rotatable bonds is 10. The van der Waals surface area contributed by atoms with Crippen molar-refractivity contribution >= 4 is 5.91 Å². The maximum atomic E-state index is 12.6. The first kappa shape index (κ1) is 20.9. The number of aliphatic hydroxyl groups excluding tert-OH is 1. The number of unbranched alkanes of at least 4 members (excludes halogenated alkanes) is 1. The van der Waals surface area contributed by atoms with Gasteiger partial charge in [-0.3, -0.25) is 4.79 Å². The molecule has 2 N–H and O–H groups in total. The van der Waals surface area contributed by atoms with Crippen LogP contribution in [0.2, 0.25) is 0 Å². The third kappa shape index (κ3) is 6.73. The van der Waals surface area contributed by atoms with Crippen LogP contribution >= 0.6 is 0 Å². The van der Waals surface area contributed by atoms with Crippen LogP contribution in [-0.4, -0.2) is 30.8 Å². The number of aliphatic hydroxyl groups is 1. The molecule has 0 saturated heterocycles. The van der Waals surface area contributed by atoms with Gasteiger partial charge in [0.1, 0.15) is 0 Å². The molecule has 26 heavy (non-hydrogen) atoms. The minimum atomic E-state index is -0.215. The van der Waals surface area contributed by atoms with Gasteiger partial charge in [-0.05, 0) is 44.1 Å². The lowest BCUT2D eigenvalue weighted by Crippen LogP contribution is -2.36. The van der Waals surface area contributed by atoms with Crippen molar-refractivity contribution in [2.45, 2.75) is 64.9 Å². The molecule has 1 aromatic rings. The summed E-state index contributed by atoms with van der Waals surface area (Å²) in [5.74, 6) is 1.11. The molecule has 146 valence electrons. The molecule has 1 saturated carbocycles. The first-order valence-corrected chi connectivity index (χ1v) is 10.2. The van der Waals surface area contributed by atoms with Crippen molar-refractivity contribution in [3.05, 3.63) is 35.4 Å². The Bertz CT molecular complexity index is 521. The molecule has 2 rings (SSSR count). The van der Waals surface area contributed by atoms with Crippen LogP contribution in [0.15, 0.2) is 24.3 Å². The molecule has 1 aromatic carbocycles. The Morgan fingerprint density at radius 2 is 1.92 bits per heavy atom. The third-order valence-corrected chi connectivity index (χ3v) is 5.50. The summed E-state index contributed by atoms with van der Waals surface area (Å²) in [5.41, 5.74) is 2.23. The second-order valence-corrected chi connectivity index (χ2v) is 7.60. The van der Waals surface area contributed by atoms with E-state index in [1.54, 1.807) is 0 Å². The topological polar surface area (TPSA) is 58.6 Å². The van der Waals surface area contributed by atoms with E-state index in [0.29, 0.717) is 6.54 Å². The number of ether oxygens (including phenoxy) is 1. The summed E-state index contributed by atoms with van der Waals surface area (Å²) >= 11 is 0. The zero-order valence-electron chi connectivity index (χ0n) is 16.4. The fraction of sp³-hybridized carbons (Fsp3) is 0.682. The van der Waals surface area contributed by atoms with Crippen molar-refractivity contribution in [2.75, 3.05) is 19.8 Å². The van der Waals surface area contributed by atoms with Crippen LogP contribution in [0.5, 0.6) is 0 Å². The van der Waals surface area contributed by atoms with Gasteiger partial charge in [0.15, 0.2) is 0 Å². The Hall–Kier alpha value is -1.39. The fourth-order valence-corrected chi connectivity index (χ4v) is 3.79. The average Bonchev–Trinajstić information content (AvgIpc) is 2.67. The highest BCUT2D eigenvalue weighted by Gasteiger charge is 2.26. The van der Waals surface area contributed by atoms with E-state index in [1.165, 1.54) is 37.7 Å². The number of hydrogen-bond donors (Lipinski definition) is 2. The van der Waals surface area contributed by atoms with Gasteiger partial charge in [0, 0.05) is 12.5 Å². The van der Waals surface area contributed by atoms with E-state index in [1.807, 2.05) is 31.2 Å². The second kappa shape index (κ2) is 11.3. The first-order valence-electron chi connectivity index (χ1n) is 10.2. The molecule has 4 heteroatoms. The molecule has 1 atom stereocenters. The van der Waals surface area contributed by atoms with Gasteiger partial charge in [-0.15, -0.1) is 0 Å². The summed E-state index contributed by atoms with van der Waals surface area (Å²) in [4.78, 5) is 12.6. The minimum absolute atomic E-state index is 0.0158. The van der Waals surface area contributed by atoms with E-state index in [9.17, 15) is 4.79 Å². The Balaban J connectivity index is 1.82. The highest BCUT2D eigenvalue weighted by atomic mass is 16.5. The molecule has 1 unspecified atom stereocenters. The van der Waals surface area contributed by atoms with Gasteiger partial charge in [0.25, 0.3) is 0 Å². The van der Waals surface area contributed by atoms with Gasteiger partial charge < -0.3 is 15.2 Å². The number of amides is 1. The van der Waals surface area contributed by atoms with Crippen LogP contribution in [0.3, 0.4) is 0 Å². The van der Waals surface area contributed by atoms with Crippen LogP contribution in [0, 0.1) is 18.8 Å². The Labute approximate surface area is 158 Å². The minimum Gasteiger partial charge on any atom is -0.394 e. The first-order chi connectivity index (χ1) is 12.6. The highest BCUT2D eigenvalue weighted by molar-refractivity contribution is 5.78. The van der Waals surface area contributed by atoms with Crippen molar-refractivity contribution in [3.63, 3.8) is 0 Å². The molecule has 1 aliphatic rings. The van der Waals surface area contributed by atoms with Crippen LogP contribution in [-0.2, 0) is 9.53 Å². The lowest BCUT2D eigenvalue weighted by molar-refractivity contribution is -0.127. The predicted octanol–water partition coefficient (Wildman–Crippen LogP) is 4.16. The molecule has 1 amide bonds. The second-order valence-electron chi connectivity index (χ2n) is 7.60. The normalized spacial score (nSPS) is 21.3. The molecule has 0 bridgehead atoms. The summed E-state index contributed by atoms with van der Waals surface area (Å²) in [5, 5.41) is 12.1. The number of carbonyl (C=O) groups excluding carboxylic acids is 1. The van der Waals surface area contributed by atoms with Gasteiger partial charge in [-0.2, -0.15) is 0 Å². The van der Waals surface area contributed by atoms with Crippen molar-refractivity contribution in [2.24, 2.45) is 11.8 Å². The fourth-order valence-electron chi connectivity index (χ4n) is 3.79.